The molecule has 18 heavy (non-hydrogen) atoms. The Morgan fingerprint density at radius 1 is 1.33 bits per heavy atom. The van der Waals surface area contributed by atoms with Crippen LogP contribution >= 0.6 is 0 Å². The molecule has 1 heterocycles. The fraction of sp³-hybridized carbons (Fsp3) is 1.00. The number of β-amino-alcohol motifs (C(OH)–C–C–N with tert-alkyl or cyclic N) is 1. The monoisotopic (exact) mass is 257 g/mol. The average molecular weight is 257 g/mol. The van der Waals surface area contributed by atoms with Crippen LogP contribution in [0.5, 0.6) is 0 Å². The zero-order valence-electron chi connectivity index (χ0n) is 11.4. The number of unbranched alkanes of at least 4 members (excludes halogenated alkanes) is 1. The third-order valence-corrected chi connectivity index (χ3v) is 4.32. The smallest absolute Gasteiger partial charge is 0.0900 e. The van der Waals surface area contributed by atoms with Crippen molar-refractivity contribution in [1.29, 1.82) is 0 Å². The molecular formula is C14H27NO3. The second-order valence-corrected chi connectivity index (χ2v) is 5.87. The van der Waals surface area contributed by atoms with Gasteiger partial charge in [-0.15, -0.1) is 0 Å². The standard InChI is InChI=1S/C14H27NO3/c1-2-3-6-18-10-12(16)8-15-7-11-4-5-14(17)13(11)9-15/h11-14,16-17H,2-10H2,1H3. The number of aliphatic hydroxyl groups is 2. The second kappa shape index (κ2) is 6.85. The van der Waals surface area contributed by atoms with E-state index in [1.807, 2.05) is 0 Å². The van der Waals surface area contributed by atoms with Crippen LogP contribution in [0.15, 0.2) is 0 Å². The van der Waals surface area contributed by atoms with Crippen LogP contribution < -0.4 is 0 Å². The molecule has 0 amide bonds. The van der Waals surface area contributed by atoms with Gasteiger partial charge in [-0.3, -0.25) is 0 Å². The molecule has 0 radical (unpaired) electrons. The summed E-state index contributed by atoms with van der Waals surface area (Å²) in [7, 11) is 0. The third kappa shape index (κ3) is 3.67. The highest BCUT2D eigenvalue weighted by atomic mass is 16.5. The van der Waals surface area contributed by atoms with E-state index in [1.54, 1.807) is 0 Å². The summed E-state index contributed by atoms with van der Waals surface area (Å²) in [5.41, 5.74) is 0. The lowest BCUT2D eigenvalue weighted by atomic mass is 10.00. The summed E-state index contributed by atoms with van der Waals surface area (Å²) in [6.45, 7) is 5.98. The molecule has 1 aliphatic carbocycles. The summed E-state index contributed by atoms with van der Waals surface area (Å²) in [6, 6.07) is 0. The predicted octanol–water partition coefficient (Wildman–Crippen LogP) is 0.867. The molecule has 2 rings (SSSR count). The molecule has 4 nitrogen and oxygen atoms in total. The summed E-state index contributed by atoms with van der Waals surface area (Å²) in [6.07, 6.45) is 3.80. The lowest BCUT2D eigenvalue weighted by Crippen LogP contribution is -2.34. The molecule has 0 spiro atoms. The molecule has 0 aromatic carbocycles. The van der Waals surface area contributed by atoms with E-state index in [4.69, 9.17) is 4.74 Å². The molecule has 4 heteroatoms. The second-order valence-electron chi connectivity index (χ2n) is 5.87. The fourth-order valence-corrected chi connectivity index (χ4v) is 3.29. The molecule has 0 aromatic heterocycles. The van der Waals surface area contributed by atoms with Gasteiger partial charge in [0, 0.05) is 32.2 Å². The Bertz CT molecular complexity index is 249. The molecular weight excluding hydrogens is 230 g/mol. The Morgan fingerprint density at radius 3 is 2.89 bits per heavy atom. The van der Waals surface area contributed by atoms with E-state index in [2.05, 4.69) is 11.8 Å². The number of fused-ring (bicyclic) bond motifs is 1. The third-order valence-electron chi connectivity index (χ3n) is 4.32. The van der Waals surface area contributed by atoms with Crippen molar-refractivity contribution in [3.8, 4) is 0 Å². The molecule has 0 bridgehead atoms. The first-order chi connectivity index (χ1) is 8.70. The normalized spacial score (nSPS) is 33.8. The summed E-state index contributed by atoms with van der Waals surface area (Å²) < 4.78 is 5.44. The lowest BCUT2D eigenvalue weighted by molar-refractivity contribution is 0.0169. The first-order valence-electron chi connectivity index (χ1n) is 7.37. The highest BCUT2D eigenvalue weighted by Gasteiger charge is 2.41. The first-order valence-corrected chi connectivity index (χ1v) is 7.37. The minimum absolute atomic E-state index is 0.113. The summed E-state index contributed by atoms with van der Waals surface area (Å²) in [4.78, 5) is 2.28. The van der Waals surface area contributed by atoms with Crippen LogP contribution in [-0.4, -0.2) is 60.2 Å². The Morgan fingerprint density at radius 2 is 2.17 bits per heavy atom. The van der Waals surface area contributed by atoms with Gasteiger partial charge >= 0.3 is 0 Å². The van der Waals surface area contributed by atoms with Crippen LogP contribution in [0.4, 0.5) is 0 Å². The number of aliphatic hydroxyl groups excluding tert-OH is 2. The van der Waals surface area contributed by atoms with Crippen molar-refractivity contribution in [3.63, 3.8) is 0 Å². The van der Waals surface area contributed by atoms with Crippen LogP contribution in [0.25, 0.3) is 0 Å². The molecule has 1 saturated carbocycles. The SMILES string of the molecule is CCCCOCC(O)CN1CC2CCC(O)C2C1. The van der Waals surface area contributed by atoms with Gasteiger partial charge in [0.2, 0.25) is 0 Å². The van der Waals surface area contributed by atoms with Crippen LogP contribution in [0, 0.1) is 11.8 Å². The maximum atomic E-state index is 9.91. The molecule has 0 aromatic rings. The largest absolute Gasteiger partial charge is 0.393 e. The topological polar surface area (TPSA) is 52.9 Å². The zero-order chi connectivity index (χ0) is 13.0. The van der Waals surface area contributed by atoms with Crippen molar-refractivity contribution in [3.05, 3.63) is 0 Å². The molecule has 1 saturated heterocycles. The highest BCUT2D eigenvalue weighted by Crippen LogP contribution is 2.37. The van der Waals surface area contributed by atoms with Gasteiger partial charge in [0.05, 0.1) is 18.8 Å². The summed E-state index contributed by atoms with van der Waals surface area (Å²) in [5.74, 6) is 1.09. The van der Waals surface area contributed by atoms with Gasteiger partial charge in [0.25, 0.3) is 0 Å². The van der Waals surface area contributed by atoms with E-state index in [0.29, 0.717) is 25.0 Å². The van der Waals surface area contributed by atoms with Crippen molar-refractivity contribution in [2.45, 2.75) is 44.8 Å². The van der Waals surface area contributed by atoms with E-state index in [9.17, 15) is 10.2 Å². The number of rotatable bonds is 7. The Balaban J connectivity index is 1.62. The molecule has 106 valence electrons. The fourth-order valence-electron chi connectivity index (χ4n) is 3.29. The molecule has 2 fully saturated rings. The van der Waals surface area contributed by atoms with Gasteiger partial charge in [-0.1, -0.05) is 13.3 Å². The van der Waals surface area contributed by atoms with Crippen molar-refractivity contribution in [2.75, 3.05) is 32.8 Å². The molecule has 2 N–H and O–H groups in total. The highest BCUT2D eigenvalue weighted by molar-refractivity contribution is 4.93. The number of hydrogen-bond donors (Lipinski definition) is 2. The van der Waals surface area contributed by atoms with E-state index in [0.717, 1.165) is 45.4 Å². The van der Waals surface area contributed by atoms with Crippen molar-refractivity contribution in [1.82, 2.24) is 4.90 Å². The molecule has 2 aliphatic rings. The minimum atomic E-state index is -0.391. The zero-order valence-corrected chi connectivity index (χ0v) is 11.4. The number of ether oxygens (including phenoxy) is 1. The maximum absolute atomic E-state index is 9.91. The van der Waals surface area contributed by atoms with E-state index < -0.39 is 6.10 Å². The van der Waals surface area contributed by atoms with Gasteiger partial charge in [-0.25, -0.2) is 0 Å². The lowest BCUT2D eigenvalue weighted by Gasteiger charge is -2.21. The van der Waals surface area contributed by atoms with Crippen LogP contribution in [-0.2, 0) is 4.74 Å². The van der Waals surface area contributed by atoms with Gasteiger partial charge in [0.1, 0.15) is 0 Å². The number of hydrogen-bond acceptors (Lipinski definition) is 4. The number of nitrogens with zero attached hydrogens (tertiary/aromatic N) is 1. The van der Waals surface area contributed by atoms with Gasteiger partial charge in [-0.2, -0.15) is 0 Å². The van der Waals surface area contributed by atoms with Crippen LogP contribution in [0.2, 0.25) is 0 Å². The molecule has 4 unspecified atom stereocenters. The van der Waals surface area contributed by atoms with Gasteiger partial charge < -0.3 is 19.8 Å². The molecule has 1 aliphatic heterocycles. The minimum Gasteiger partial charge on any atom is -0.393 e. The summed E-state index contributed by atoms with van der Waals surface area (Å²) in [5, 5.41) is 19.7. The Hall–Kier alpha value is -0.160. The van der Waals surface area contributed by atoms with E-state index >= 15 is 0 Å². The van der Waals surface area contributed by atoms with Crippen LogP contribution in [0.1, 0.15) is 32.6 Å². The van der Waals surface area contributed by atoms with E-state index in [1.165, 1.54) is 0 Å². The van der Waals surface area contributed by atoms with E-state index in [-0.39, 0.29) is 6.10 Å². The first kappa shape index (κ1) is 14.3. The Labute approximate surface area is 110 Å². The molecule has 4 atom stereocenters. The quantitative estimate of drug-likeness (QED) is 0.664. The van der Waals surface area contributed by atoms with Gasteiger partial charge in [0.15, 0.2) is 0 Å². The predicted molar refractivity (Wildman–Crippen MR) is 70.4 cm³/mol. The number of likely N-dealkylation sites (tertiary alicyclic amines) is 1. The van der Waals surface area contributed by atoms with Crippen LogP contribution in [0.3, 0.4) is 0 Å². The average Bonchev–Trinajstić information content (AvgIpc) is 2.87. The van der Waals surface area contributed by atoms with Crippen molar-refractivity contribution >= 4 is 0 Å². The van der Waals surface area contributed by atoms with Crippen molar-refractivity contribution in [2.24, 2.45) is 11.8 Å². The Kier molecular flexibility index (Phi) is 5.42. The van der Waals surface area contributed by atoms with Crippen molar-refractivity contribution < 1.29 is 14.9 Å². The van der Waals surface area contributed by atoms with Gasteiger partial charge in [-0.05, 0) is 25.2 Å². The maximum Gasteiger partial charge on any atom is 0.0900 e. The summed E-state index contributed by atoms with van der Waals surface area (Å²) >= 11 is 0.